The Balaban J connectivity index is 1.48. The van der Waals surface area contributed by atoms with Crippen molar-refractivity contribution in [3.05, 3.63) is 59.5 Å². The molecule has 1 aliphatic heterocycles. The number of nitrogens with zero attached hydrogens (tertiary/aromatic N) is 4. The summed E-state index contributed by atoms with van der Waals surface area (Å²) in [7, 11) is 3.23. The molecule has 2 amide bonds. The second-order valence-corrected chi connectivity index (χ2v) is 12.4. The van der Waals surface area contributed by atoms with Gasteiger partial charge in [-0.2, -0.15) is 18.3 Å². The topological polar surface area (TPSA) is 138 Å². The molecule has 0 radical (unpaired) electrons. The molecule has 2 aliphatic rings. The van der Waals surface area contributed by atoms with Gasteiger partial charge < -0.3 is 25.4 Å². The third-order valence-electron chi connectivity index (χ3n) is 8.92. The lowest BCUT2D eigenvalue weighted by Crippen LogP contribution is -2.57. The van der Waals surface area contributed by atoms with E-state index in [0.717, 1.165) is 5.56 Å². The molecule has 0 spiro atoms. The van der Waals surface area contributed by atoms with E-state index in [9.17, 15) is 41.4 Å². The van der Waals surface area contributed by atoms with Crippen molar-refractivity contribution < 1.29 is 46.2 Å². The molecule has 5 rings (SSSR count). The maximum Gasteiger partial charge on any atom is 0.408 e. The van der Waals surface area contributed by atoms with Gasteiger partial charge in [0.25, 0.3) is 0 Å². The van der Waals surface area contributed by atoms with Crippen molar-refractivity contribution in [1.29, 1.82) is 0 Å². The molecule has 16 heteroatoms. The number of amides is 2. The van der Waals surface area contributed by atoms with Gasteiger partial charge in [0.15, 0.2) is 11.1 Å². The van der Waals surface area contributed by atoms with Crippen molar-refractivity contribution in [3.8, 4) is 0 Å². The van der Waals surface area contributed by atoms with Gasteiger partial charge in [-0.1, -0.05) is 30.3 Å². The summed E-state index contributed by atoms with van der Waals surface area (Å²) in [6.45, 7) is -0.761. The van der Waals surface area contributed by atoms with Crippen LogP contribution in [0.4, 0.5) is 32.4 Å². The monoisotopic (exact) mass is 666 g/mol. The maximum absolute atomic E-state index is 14.1. The molecule has 3 heterocycles. The van der Waals surface area contributed by atoms with Crippen molar-refractivity contribution in [2.75, 3.05) is 25.5 Å². The highest BCUT2D eigenvalue weighted by atomic mass is 19.4. The Morgan fingerprint density at radius 1 is 1.19 bits per heavy atom. The van der Waals surface area contributed by atoms with Crippen molar-refractivity contribution in [1.82, 2.24) is 25.2 Å². The fourth-order valence-corrected chi connectivity index (χ4v) is 6.25. The van der Waals surface area contributed by atoms with Gasteiger partial charge in [-0.25, -0.2) is 23.1 Å². The molecule has 1 aliphatic carbocycles. The molecule has 254 valence electrons. The molecule has 11 nitrogen and oxygen atoms in total. The molecule has 0 bridgehead atoms. The van der Waals surface area contributed by atoms with E-state index < -0.39 is 72.7 Å². The van der Waals surface area contributed by atoms with Crippen LogP contribution in [0.1, 0.15) is 55.1 Å². The van der Waals surface area contributed by atoms with E-state index in [1.54, 1.807) is 43.3 Å². The second kappa shape index (κ2) is 13.0. The van der Waals surface area contributed by atoms with Crippen LogP contribution in [0.15, 0.2) is 42.6 Å². The van der Waals surface area contributed by atoms with E-state index in [2.05, 4.69) is 20.7 Å². The number of hydrogen-bond donors (Lipinski definition) is 3. The van der Waals surface area contributed by atoms with Crippen LogP contribution in [-0.2, 0) is 27.4 Å². The first-order valence-electron chi connectivity index (χ1n) is 15.1. The molecular weight excluding hydrogens is 631 g/mol. The summed E-state index contributed by atoms with van der Waals surface area (Å²) < 4.78 is 75.8. The van der Waals surface area contributed by atoms with Crippen LogP contribution in [0.5, 0.6) is 0 Å². The van der Waals surface area contributed by atoms with Crippen LogP contribution in [-0.4, -0.2) is 70.4 Å². The molecule has 1 saturated carbocycles. The van der Waals surface area contributed by atoms with Crippen LogP contribution in [0.25, 0.3) is 5.65 Å². The number of alkyl halides is 5. The summed E-state index contributed by atoms with van der Waals surface area (Å²) in [5.41, 5.74) is -0.870. The van der Waals surface area contributed by atoms with Crippen LogP contribution in [0.2, 0.25) is 0 Å². The van der Waals surface area contributed by atoms with Crippen molar-refractivity contribution in [2.45, 2.75) is 63.3 Å². The lowest BCUT2D eigenvalue weighted by Gasteiger charge is -2.37. The minimum Gasteiger partial charge on any atom is -0.480 e. The van der Waals surface area contributed by atoms with Crippen molar-refractivity contribution in [3.63, 3.8) is 0 Å². The summed E-state index contributed by atoms with van der Waals surface area (Å²) in [6.07, 6.45) is -6.29. The zero-order valence-electron chi connectivity index (χ0n) is 25.7. The summed E-state index contributed by atoms with van der Waals surface area (Å²) in [6, 6.07) is 9.61. The number of carbonyl (C=O) groups excluding carboxylic acids is 2. The number of alkyl carbamates (subject to hydrolysis) is 1. The number of benzene rings is 1. The third kappa shape index (κ3) is 7.41. The predicted molar refractivity (Wildman–Crippen MR) is 158 cm³/mol. The number of imidazole rings is 1. The molecule has 2 fully saturated rings. The highest BCUT2D eigenvalue weighted by Crippen LogP contribution is 2.43. The summed E-state index contributed by atoms with van der Waals surface area (Å²) >= 11 is 0. The van der Waals surface area contributed by atoms with Crippen LogP contribution in [0.3, 0.4) is 0 Å². The molecule has 1 aromatic carbocycles. The number of piperidine rings is 1. The Labute approximate surface area is 266 Å². The zero-order chi connectivity index (χ0) is 34.1. The number of carboxylic acids is 1. The summed E-state index contributed by atoms with van der Waals surface area (Å²) in [5.74, 6) is -8.09. The Kier molecular flexibility index (Phi) is 9.33. The lowest BCUT2D eigenvalue weighted by atomic mass is 9.72. The molecular formula is C31H35F5N6O5. The number of rotatable bonds is 9. The molecule has 47 heavy (non-hydrogen) atoms. The fourth-order valence-electron chi connectivity index (χ4n) is 6.25. The average molecular weight is 667 g/mol. The minimum atomic E-state index is -4.73. The smallest absolute Gasteiger partial charge is 0.408 e. The molecule has 3 aromatic rings. The number of carbonyl (C=O) groups is 3. The molecule has 1 unspecified atom stereocenters. The third-order valence-corrected chi connectivity index (χ3v) is 8.92. The van der Waals surface area contributed by atoms with E-state index in [1.165, 1.54) is 16.8 Å². The van der Waals surface area contributed by atoms with Gasteiger partial charge in [-0.05, 0) is 30.7 Å². The molecule has 3 atom stereocenters. The number of aromatic nitrogens is 3. The van der Waals surface area contributed by atoms with Gasteiger partial charge >= 0.3 is 18.2 Å². The summed E-state index contributed by atoms with van der Waals surface area (Å²) in [5, 5.41) is 19.5. The van der Waals surface area contributed by atoms with Crippen LogP contribution in [0, 0.1) is 17.3 Å². The summed E-state index contributed by atoms with van der Waals surface area (Å²) in [4.78, 5) is 44.5. The Morgan fingerprint density at radius 2 is 1.87 bits per heavy atom. The Bertz CT molecular complexity index is 1620. The number of halogens is 5. The van der Waals surface area contributed by atoms with E-state index in [4.69, 9.17) is 4.74 Å². The van der Waals surface area contributed by atoms with E-state index >= 15 is 0 Å². The van der Waals surface area contributed by atoms with E-state index in [0.29, 0.717) is 5.69 Å². The number of carboxylic acid groups (broad SMARTS) is 1. The Morgan fingerprint density at radius 3 is 2.49 bits per heavy atom. The minimum absolute atomic E-state index is 0.0240. The first-order valence-corrected chi connectivity index (χ1v) is 15.1. The first-order chi connectivity index (χ1) is 22.1. The lowest BCUT2D eigenvalue weighted by molar-refractivity contribution is -0.194. The average Bonchev–Trinajstić information content (AvgIpc) is 3.42. The Hall–Kier alpha value is -4.50. The number of nitrogens with one attached hydrogen (secondary N) is 2. The van der Waals surface area contributed by atoms with Gasteiger partial charge in [-0.15, -0.1) is 0 Å². The van der Waals surface area contributed by atoms with Gasteiger partial charge in [0.05, 0.1) is 35.2 Å². The second-order valence-electron chi connectivity index (χ2n) is 12.4. The van der Waals surface area contributed by atoms with Crippen molar-refractivity contribution >= 4 is 29.3 Å². The number of aliphatic carboxylic acids is 1. The predicted octanol–water partition coefficient (Wildman–Crippen LogP) is 4.90. The maximum atomic E-state index is 14.1. The zero-order valence-corrected chi connectivity index (χ0v) is 25.7. The van der Waals surface area contributed by atoms with Crippen LogP contribution >= 0.6 is 0 Å². The largest absolute Gasteiger partial charge is 0.480 e. The van der Waals surface area contributed by atoms with E-state index in [1.807, 2.05) is 6.07 Å². The van der Waals surface area contributed by atoms with Gasteiger partial charge in [0.2, 0.25) is 11.8 Å². The quantitative estimate of drug-likeness (QED) is 0.217. The van der Waals surface area contributed by atoms with Gasteiger partial charge in [0.1, 0.15) is 6.61 Å². The standard InChI is InChI=1S/C31H35F5N6O5/c1-41(2)23-12-24-38-22(16-42(24)40-21(23)14-29(27(44)45)13-20(31(34,35)36)15-37-26(29)43)25(19-8-10-30(32,33)11-9-19)39-28(46)47-17-18-6-4-3-5-7-18/h3-7,12,16,19-20,25H,8-11,13-15,17H2,1-2H3,(H,37,43)(H,39,46)(H,44,45)/t20-,25+,29?/m1/s1. The number of fused-ring (bicyclic) bond motifs is 1. The fraction of sp³-hybridized carbons (Fsp3) is 0.516. The SMILES string of the molecule is CN(C)c1cc2nc([C@@H](NC(=O)OCc3ccccc3)C3CCC(F)(F)CC3)cn2nc1CC1(C(=O)O)C[C@@H](C(F)(F)F)CNC1=O. The highest BCUT2D eigenvalue weighted by Gasteiger charge is 2.56. The number of hydrogen-bond acceptors (Lipinski definition) is 7. The van der Waals surface area contributed by atoms with Crippen LogP contribution < -0.4 is 15.5 Å². The highest BCUT2D eigenvalue weighted by molar-refractivity contribution is 6.03. The molecule has 1 saturated heterocycles. The normalized spacial score (nSPS) is 22.4. The molecule has 2 aromatic heterocycles. The number of ether oxygens (including phenoxy) is 1. The first kappa shape index (κ1) is 33.9. The number of anilines is 1. The van der Waals surface area contributed by atoms with Gasteiger partial charge in [0, 0.05) is 46.0 Å². The van der Waals surface area contributed by atoms with E-state index in [-0.39, 0.29) is 49.3 Å². The van der Waals surface area contributed by atoms with Gasteiger partial charge in [-0.3, -0.25) is 9.59 Å². The molecule has 3 N–H and O–H groups in total. The van der Waals surface area contributed by atoms with Crippen molar-refractivity contribution in [2.24, 2.45) is 17.3 Å².